The average Bonchev–Trinajstić information content (AvgIpc) is 3.72. The van der Waals surface area contributed by atoms with E-state index in [4.69, 9.17) is 33.2 Å². The van der Waals surface area contributed by atoms with Crippen molar-refractivity contribution in [1.82, 2.24) is 5.32 Å². The van der Waals surface area contributed by atoms with Gasteiger partial charge in [-0.1, -0.05) is 30.7 Å². The minimum Gasteiger partial charge on any atom is -0.469 e. The van der Waals surface area contributed by atoms with Gasteiger partial charge in [0.15, 0.2) is 6.29 Å². The number of carbonyl (C=O) groups excluding carboxylic acids is 3. The Balaban J connectivity index is 1.59. The Hall–Kier alpha value is -2.57. The van der Waals surface area contributed by atoms with Gasteiger partial charge in [0.25, 0.3) is 0 Å². The second-order valence-corrected chi connectivity index (χ2v) is 12.1. The molecule has 3 aliphatic heterocycles. The van der Waals surface area contributed by atoms with E-state index in [1.165, 1.54) is 20.1 Å². The first-order chi connectivity index (χ1) is 20.8. The Bertz CT molecular complexity index is 1070. The van der Waals surface area contributed by atoms with Crippen LogP contribution in [0, 0.1) is 5.92 Å². The van der Waals surface area contributed by atoms with Crippen molar-refractivity contribution in [1.29, 1.82) is 0 Å². The lowest BCUT2D eigenvalue weighted by atomic mass is 9.87. The second kappa shape index (κ2) is 16.7. The molecule has 3 fully saturated rings. The molecule has 10 unspecified atom stereocenters. The molecule has 1 N–H and O–H groups in total. The fraction of sp³-hybridized carbons (Fsp3) is 0.727. The first-order valence-corrected chi connectivity index (χ1v) is 15.6. The van der Waals surface area contributed by atoms with E-state index in [2.05, 4.69) is 18.3 Å². The van der Waals surface area contributed by atoms with Gasteiger partial charge < -0.3 is 38.5 Å². The van der Waals surface area contributed by atoms with Crippen LogP contribution in [0.5, 0.6) is 0 Å². The summed E-state index contributed by atoms with van der Waals surface area (Å²) >= 11 is 0. The van der Waals surface area contributed by atoms with Gasteiger partial charge in [0, 0.05) is 26.0 Å². The number of rotatable bonds is 14. The summed E-state index contributed by atoms with van der Waals surface area (Å²) < 4.78 is 40.3. The number of carbonyl (C=O) groups is 3. The highest BCUT2D eigenvalue weighted by Gasteiger charge is 2.60. The molecule has 10 atom stereocenters. The Morgan fingerprint density at radius 2 is 1.84 bits per heavy atom. The van der Waals surface area contributed by atoms with Crippen molar-refractivity contribution < 1.29 is 47.5 Å². The molecule has 0 aromatic carbocycles. The standard InChI is InChI=1S/C33H51NO10/c1-9-39-25(7)43-32-29(44-26(17-31(37)38-8)18-33(32)19-40-33)14-11-20(2)10-13-28-21(3)16-27(23(5)42-28)34-30(36)15-12-22(4)41-24(6)35/h10-12,14-15,21-23,25-29,32H,9,13,16-19H2,1-8H3,(H,34,36). The summed E-state index contributed by atoms with van der Waals surface area (Å²) in [5.74, 6) is -0.741. The number of nitrogens with one attached hydrogen (secondary N) is 1. The lowest BCUT2D eigenvalue weighted by Crippen LogP contribution is -2.53. The van der Waals surface area contributed by atoms with Gasteiger partial charge in [0.1, 0.15) is 23.9 Å². The number of hydrogen-bond acceptors (Lipinski definition) is 10. The van der Waals surface area contributed by atoms with Crippen LogP contribution in [-0.4, -0.2) is 92.7 Å². The monoisotopic (exact) mass is 621 g/mol. The molecule has 248 valence electrons. The molecular formula is C33H51NO10. The van der Waals surface area contributed by atoms with Gasteiger partial charge in [-0.25, -0.2) is 0 Å². The molecule has 0 aromatic heterocycles. The van der Waals surface area contributed by atoms with Crippen LogP contribution in [0.3, 0.4) is 0 Å². The lowest BCUT2D eigenvalue weighted by molar-refractivity contribution is -0.227. The van der Waals surface area contributed by atoms with E-state index >= 15 is 0 Å². The van der Waals surface area contributed by atoms with Gasteiger partial charge >= 0.3 is 11.9 Å². The highest BCUT2D eigenvalue weighted by Crippen LogP contribution is 2.45. The van der Waals surface area contributed by atoms with Gasteiger partial charge in [-0.05, 0) is 59.5 Å². The molecular weight excluding hydrogens is 570 g/mol. The van der Waals surface area contributed by atoms with Crippen LogP contribution in [0.1, 0.15) is 74.1 Å². The minimum atomic E-state index is -0.515. The van der Waals surface area contributed by atoms with Gasteiger partial charge in [0.05, 0.1) is 44.5 Å². The SMILES string of the molecule is CCOC(C)OC1C(C=CC(C)=CCC2OC(C)C(NC(=O)C=CC(C)OC(C)=O)CC2C)OC(CC(=O)OC)CC12CO2. The third-order valence-electron chi connectivity index (χ3n) is 8.25. The van der Waals surface area contributed by atoms with Crippen molar-refractivity contribution in [3.8, 4) is 0 Å². The third kappa shape index (κ3) is 10.8. The van der Waals surface area contributed by atoms with Crippen LogP contribution in [0.25, 0.3) is 0 Å². The van der Waals surface area contributed by atoms with Crippen LogP contribution in [-0.2, 0) is 47.5 Å². The van der Waals surface area contributed by atoms with Crippen molar-refractivity contribution in [3.63, 3.8) is 0 Å². The number of allylic oxidation sites excluding steroid dienone is 2. The van der Waals surface area contributed by atoms with Crippen LogP contribution in [0.15, 0.2) is 36.0 Å². The zero-order chi connectivity index (χ0) is 32.4. The van der Waals surface area contributed by atoms with E-state index < -0.39 is 30.1 Å². The van der Waals surface area contributed by atoms with Crippen molar-refractivity contribution >= 4 is 17.8 Å². The van der Waals surface area contributed by atoms with E-state index in [0.717, 1.165) is 12.0 Å². The summed E-state index contributed by atoms with van der Waals surface area (Å²) in [7, 11) is 1.37. The first kappa shape index (κ1) is 35.9. The Morgan fingerprint density at radius 3 is 2.48 bits per heavy atom. The smallest absolute Gasteiger partial charge is 0.308 e. The summed E-state index contributed by atoms with van der Waals surface area (Å²) in [4.78, 5) is 35.5. The summed E-state index contributed by atoms with van der Waals surface area (Å²) in [6, 6.07) is -0.123. The van der Waals surface area contributed by atoms with E-state index in [0.29, 0.717) is 26.1 Å². The summed E-state index contributed by atoms with van der Waals surface area (Å²) in [6.07, 6.45) is 9.04. The Kier molecular flexibility index (Phi) is 13.6. The highest BCUT2D eigenvalue weighted by molar-refractivity contribution is 5.87. The van der Waals surface area contributed by atoms with E-state index in [1.807, 2.05) is 39.8 Å². The molecule has 0 aliphatic carbocycles. The molecule has 11 heteroatoms. The van der Waals surface area contributed by atoms with Gasteiger partial charge in [-0.3, -0.25) is 14.4 Å². The quantitative estimate of drug-likeness (QED) is 0.100. The molecule has 1 spiro atoms. The minimum absolute atomic E-state index is 0.00246. The molecule has 0 bridgehead atoms. The maximum absolute atomic E-state index is 12.4. The van der Waals surface area contributed by atoms with Crippen molar-refractivity contribution in [2.24, 2.45) is 5.92 Å². The topological polar surface area (TPSA) is 131 Å². The normalized spacial score (nSPS) is 33.7. The summed E-state index contributed by atoms with van der Waals surface area (Å²) in [5.41, 5.74) is 0.524. The molecule has 3 rings (SSSR count). The number of amides is 1. The summed E-state index contributed by atoms with van der Waals surface area (Å²) in [6.45, 7) is 14.0. The largest absolute Gasteiger partial charge is 0.469 e. The fourth-order valence-corrected chi connectivity index (χ4v) is 5.82. The average molecular weight is 622 g/mol. The van der Waals surface area contributed by atoms with Crippen molar-refractivity contribution in [2.45, 2.75) is 129 Å². The maximum atomic E-state index is 12.4. The van der Waals surface area contributed by atoms with E-state index in [-0.39, 0.29) is 54.7 Å². The fourth-order valence-electron chi connectivity index (χ4n) is 5.82. The molecule has 3 aliphatic rings. The van der Waals surface area contributed by atoms with Gasteiger partial charge in [0.2, 0.25) is 5.91 Å². The lowest BCUT2D eigenvalue weighted by Gasteiger charge is -2.40. The van der Waals surface area contributed by atoms with Gasteiger partial charge in [-0.2, -0.15) is 0 Å². The second-order valence-electron chi connectivity index (χ2n) is 12.1. The predicted molar refractivity (Wildman–Crippen MR) is 162 cm³/mol. The summed E-state index contributed by atoms with van der Waals surface area (Å²) in [5, 5.41) is 3.01. The zero-order valence-corrected chi connectivity index (χ0v) is 27.4. The molecule has 0 aromatic rings. The first-order valence-electron chi connectivity index (χ1n) is 15.6. The zero-order valence-electron chi connectivity index (χ0n) is 27.4. The number of hydrogen-bond donors (Lipinski definition) is 1. The number of epoxide rings is 1. The van der Waals surface area contributed by atoms with Crippen LogP contribution < -0.4 is 5.32 Å². The molecule has 0 saturated carbocycles. The Labute approximate surface area is 261 Å². The molecule has 3 heterocycles. The van der Waals surface area contributed by atoms with E-state index in [1.54, 1.807) is 13.0 Å². The maximum Gasteiger partial charge on any atom is 0.308 e. The van der Waals surface area contributed by atoms with Crippen LogP contribution in [0.4, 0.5) is 0 Å². The van der Waals surface area contributed by atoms with Crippen molar-refractivity contribution in [2.75, 3.05) is 20.3 Å². The predicted octanol–water partition coefficient (Wildman–Crippen LogP) is 3.94. The highest BCUT2D eigenvalue weighted by atomic mass is 16.7. The van der Waals surface area contributed by atoms with Crippen LogP contribution in [0.2, 0.25) is 0 Å². The molecule has 1 amide bonds. The molecule has 0 radical (unpaired) electrons. The molecule has 3 saturated heterocycles. The van der Waals surface area contributed by atoms with Gasteiger partial charge in [-0.15, -0.1) is 0 Å². The number of methoxy groups -OCH3 is 1. The molecule has 11 nitrogen and oxygen atoms in total. The van der Waals surface area contributed by atoms with E-state index in [9.17, 15) is 14.4 Å². The number of esters is 2. The number of ether oxygens (including phenoxy) is 7. The Morgan fingerprint density at radius 1 is 1.11 bits per heavy atom. The van der Waals surface area contributed by atoms with Crippen LogP contribution >= 0.6 is 0 Å². The third-order valence-corrected chi connectivity index (χ3v) is 8.25. The van der Waals surface area contributed by atoms with Crippen molar-refractivity contribution in [3.05, 3.63) is 36.0 Å². The molecule has 44 heavy (non-hydrogen) atoms.